The highest BCUT2D eigenvalue weighted by Gasteiger charge is 2.21. The number of ether oxygens (including phenoxy) is 1. The SMILES string of the molecule is O=C(NCc1ccco1)C1CCOCC1. The van der Waals surface area contributed by atoms with Crippen LogP contribution in [0, 0.1) is 5.92 Å². The maximum atomic E-state index is 11.7. The molecule has 1 aliphatic rings. The Morgan fingerprint density at radius 1 is 1.47 bits per heavy atom. The largest absolute Gasteiger partial charge is 0.467 e. The first kappa shape index (κ1) is 10.2. The predicted molar refractivity (Wildman–Crippen MR) is 54.1 cm³/mol. The van der Waals surface area contributed by atoms with E-state index in [9.17, 15) is 4.79 Å². The molecule has 1 fully saturated rings. The van der Waals surface area contributed by atoms with Crippen molar-refractivity contribution in [3.63, 3.8) is 0 Å². The van der Waals surface area contributed by atoms with Crippen LogP contribution in [0.3, 0.4) is 0 Å². The van der Waals surface area contributed by atoms with Crippen LogP contribution in [0.1, 0.15) is 18.6 Å². The Morgan fingerprint density at radius 3 is 2.93 bits per heavy atom. The molecule has 0 atom stereocenters. The first-order valence-electron chi connectivity index (χ1n) is 5.24. The summed E-state index contributed by atoms with van der Waals surface area (Å²) in [7, 11) is 0. The van der Waals surface area contributed by atoms with E-state index in [-0.39, 0.29) is 11.8 Å². The van der Waals surface area contributed by atoms with E-state index in [2.05, 4.69) is 5.32 Å². The minimum atomic E-state index is 0.105. The van der Waals surface area contributed by atoms with Gasteiger partial charge in [-0.05, 0) is 25.0 Å². The van der Waals surface area contributed by atoms with E-state index < -0.39 is 0 Å². The maximum absolute atomic E-state index is 11.7. The van der Waals surface area contributed by atoms with Crippen LogP contribution in [0.5, 0.6) is 0 Å². The molecule has 1 N–H and O–H groups in total. The molecule has 0 bridgehead atoms. The summed E-state index contributed by atoms with van der Waals surface area (Å²) in [6, 6.07) is 3.67. The first-order chi connectivity index (χ1) is 7.36. The van der Waals surface area contributed by atoms with E-state index in [1.807, 2.05) is 12.1 Å². The van der Waals surface area contributed by atoms with Crippen molar-refractivity contribution in [2.24, 2.45) is 5.92 Å². The molecular weight excluding hydrogens is 194 g/mol. The Balaban J connectivity index is 1.76. The summed E-state index contributed by atoms with van der Waals surface area (Å²) in [6.45, 7) is 1.86. The van der Waals surface area contributed by atoms with E-state index in [1.165, 1.54) is 0 Å². The van der Waals surface area contributed by atoms with Gasteiger partial charge in [-0.2, -0.15) is 0 Å². The number of furan rings is 1. The van der Waals surface area contributed by atoms with E-state index in [1.54, 1.807) is 6.26 Å². The minimum Gasteiger partial charge on any atom is -0.467 e. The fourth-order valence-electron chi connectivity index (χ4n) is 1.69. The van der Waals surface area contributed by atoms with Gasteiger partial charge in [-0.15, -0.1) is 0 Å². The molecule has 1 aliphatic heterocycles. The van der Waals surface area contributed by atoms with Crippen LogP contribution in [0.4, 0.5) is 0 Å². The second-order valence-corrected chi connectivity index (χ2v) is 3.68. The van der Waals surface area contributed by atoms with Crippen molar-refractivity contribution in [1.82, 2.24) is 5.32 Å². The fourth-order valence-corrected chi connectivity index (χ4v) is 1.69. The average Bonchev–Trinajstić information content (AvgIpc) is 2.80. The van der Waals surface area contributed by atoms with Crippen LogP contribution in [0.2, 0.25) is 0 Å². The molecule has 4 nitrogen and oxygen atoms in total. The molecule has 1 aromatic rings. The number of rotatable bonds is 3. The molecule has 82 valence electrons. The van der Waals surface area contributed by atoms with Crippen LogP contribution in [-0.2, 0) is 16.1 Å². The summed E-state index contributed by atoms with van der Waals surface area (Å²) in [6.07, 6.45) is 3.25. The predicted octanol–water partition coefficient (Wildman–Crippen LogP) is 1.32. The molecule has 0 aliphatic carbocycles. The highest BCUT2D eigenvalue weighted by molar-refractivity contribution is 5.78. The molecule has 2 rings (SSSR count). The van der Waals surface area contributed by atoms with Gasteiger partial charge >= 0.3 is 0 Å². The fraction of sp³-hybridized carbons (Fsp3) is 0.545. The summed E-state index contributed by atoms with van der Waals surface area (Å²) < 4.78 is 10.3. The third-order valence-electron chi connectivity index (χ3n) is 2.61. The third-order valence-corrected chi connectivity index (χ3v) is 2.61. The topological polar surface area (TPSA) is 51.5 Å². The van der Waals surface area contributed by atoms with E-state index in [0.29, 0.717) is 19.8 Å². The minimum absolute atomic E-state index is 0.105. The van der Waals surface area contributed by atoms with Gasteiger partial charge in [-0.25, -0.2) is 0 Å². The molecule has 0 unspecified atom stereocenters. The number of carbonyl (C=O) groups is 1. The Kier molecular flexibility index (Phi) is 3.40. The average molecular weight is 209 g/mol. The van der Waals surface area contributed by atoms with Gasteiger partial charge in [0, 0.05) is 19.1 Å². The van der Waals surface area contributed by atoms with Crippen LogP contribution in [0.25, 0.3) is 0 Å². The maximum Gasteiger partial charge on any atom is 0.223 e. The van der Waals surface area contributed by atoms with Gasteiger partial charge in [0.05, 0.1) is 12.8 Å². The van der Waals surface area contributed by atoms with Crippen molar-refractivity contribution in [2.75, 3.05) is 13.2 Å². The van der Waals surface area contributed by atoms with Crippen molar-refractivity contribution in [3.05, 3.63) is 24.2 Å². The molecule has 0 radical (unpaired) electrons. The lowest BCUT2D eigenvalue weighted by atomic mass is 9.99. The van der Waals surface area contributed by atoms with Crippen molar-refractivity contribution >= 4 is 5.91 Å². The number of hydrogen-bond donors (Lipinski definition) is 1. The molecule has 1 saturated heterocycles. The van der Waals surface area contributed by atoms with Gasteiger partial charge in [-0.1, -0.05) is 0 Å². The highest BCUT2D eigenvalue weighted by Crippen LogP contribution is 2.14. The second-order valence-electron chi connectivity index (χ2n) is 3.68. The lowest BCUT2D eigenvalue weighted by Crippen LogP contribution is -2.33. The normalized spacial score (nSPS) is 17.6. The van der Waals surface area contributed by atoms with Crippen molar-refractivity contribution in [1.29, 1.82) is 0 Å². The van der Waals surface area contributed by atoms with Gasteiger partial charge in [0.25, 0.3) is 0 Å². The number of amides is 1. The number of nitrogens with one attached hydrogen (secondary N) is 1. The van der Waals surface area contributed by atoms with Crippen molar-refractivity contribution < 1.29 is 13.9 Å². The first-order valence-corrected chi connectivity index (χ1v) is 5.24. The molecule has 1 aromatic heterocycles. The summed E-state index contributed by atoms with van der Waals surface area (Å²) in [5.74, 6) is 0.999. The quantitative estimate of drug-likeness (QED) is 0.816. The van der Waals surface area contributed by atoms with Crippen LogP contribution in [0.15, 0.2) is 22.8 Å². The smallest absolute Gasteiger partial charge is 0.223 e. The van der Waals surface area contributed by atoms with Crippen molar-refractivity contribution in [2.45, 2.75) is 19.4 Å². The zero-order chi connectivity index (χ0) is 10.5. The van der Waals surface area contributed by atoms with Gasteiger partial charge in [-0.3, -0.25) is 4.79 Å². The Hall–Kier alpha value is -1.29. The monoisotopic (exact) mass is 209 g/mol. The Labute approximate surface area is 88.6 Å². The summed E-state index contributed by atoms with van der Waals surface area (Å²) in [5.41, 5.74) is 0. The molecule has 0 aromatic carbocycles. The zero-order valence-electron chi connectivity index (χ0n) is 8.57. The molecule has 0 saturated carbocycles. The van der Waals surface area contributed by atoms with Crippen molar-refractivity contribution in [3.8, 4) is 0 Å². The van der Waals surface area contributed by atoms with Gasteiger partial charge in [0.1, 0.15) is 5.76 Å². The van der Waals surface area contributed by atoms with Crippen LogP contribution < -0.4 is 5.32 Å². The summed E-state index contributed by atoms with van der Waals surface area (Å²) in [4.78, 5) is 11.7. The lowest BCUT2D eigenvalue weighted by molar-refractivity contribution is -0.128. The summed E-state index contributed by atoms with van der Waals surface area (Å²) >= 11 is 0. The molecule has 15 heavy (non-hydrogen) atoms. The van der Waals surface area contributed by atoms with Crippen LogP contribution in [-0.4, -0.2) is 19.1 Å². The van der Waals surface area contributed by atoms with E-state index in [4.69, 9.17) is 9.15 Å². The lowest BCUT2D eigenvalue weighted by Gasteiger charge is -2.20. The zero-order valence-corrected chi connectivity index (χ0v) is 8.57. The number of hydrogen-bond acceptors (Lipinski definition) is 3. The third kappa shape index (κ3) is 2.83. The van der Waals surface area contributed by atoms with Gasteiger partial charge in [0.15, 0.2) is 0 Å². The van der Waals surface area contributed by atoms with Gasteiger partial charge < -0.3 is 14.5 Å². The standard InChI is InChI=1S/C11H15NO3/c13-11(9-3-6-14-7-4-9)12-8-10-2-1-5-15-10/h1-2,5,9H,3-4,6-8H2,(H,12,13). The van der Waals surface area contributed by atoms with Gasteiger partial charge in [0.2, 0.25) is 5.91 Å². The summed E-state index contributed by atoms with van der Waals surface area (Å²) in [5, 5.41) is 2.87. The Morgan fingerprint density at radius 2 is 2.27 bits per heavy atom. The Bertz CT molecular complexity index is 302. The number of carbonyl (C=O) groups excluding carboxylic acids is 1. The molecule has 4 heteroatoms. The molecular formula is C11H15NO3. The van der Waals surface area contributed by atoms with E-state index in [0.717, 1.165) is 18.6 Å². The highest BCUT2D eigenvalue weighted by atomic mass is 16.5. The van der Waals surface area contributed by atoms with E-state index >= 15 is 0 Å². The molecule has 1 amide bonds. The molecule has 0 spiro atoms. The van der Waals surface area contributed by atoms with Crippen LogP contribution >= 0.6 is 0 Å². The second kappa shape index (κ2) is 4.98. The molecule has 2 heterocycles.